The first-order chi connectivity index (χ1) is 15.0. The summed E-state index contributed by atoms with van der Waals surface area (Å²) in [6.07, 6.45) is 2.09. The molecule has 2 atom stereocenters. The minimum Gasteiger partial charge on any atom is -0.508 e. The molecule has 0 saturated heterocycles. The van der Waals surface area contributed by atoms with E-state index in [1.165, 1.54) is 17.0 Å². The van der Waals surface area contributed by atoms with Crippen LogP contribution in [-0.2, 0) is 14.3 Å². The van der Waals surface area contributed by atoms with E-state index < -0.39 is 29.7 Å². The highest BCUT2D eigenvalue weighted by Gasteiger charge is 2.35. The highest BCUT2D eigenvalue weighted by molar-refractivity contribution is 7.80. The second-order valence-electron chi connectivity index (χ2n) is 8.50. The number of alkyl carbamates (subject to hydrolysis) is 1. The molecule has 1 aromatic carbocycles. The molecular formula is C23H37N3O5S. The number of phenols is 1. The number of ether oxygens (including phenoxy) is 1. The smallest absolute Gasteiger partial charge is 0.408 e. The summed E-state index contributed by atoms with van der Waals surface area (Å²) in [6, 6.07) is 4.31. The Labute approximate surface area is 196 Å². The summed E-state index contributed by atoms with van der Waals surface area (Å²) in [5, 5.41) is 15.4. The van der Waals surface area contributed by atoms with E-state index in [-0.39, 0.29) is 24.0 Å². The average Bonchev–Trinajstić information content (AvgIpc) is 2.71. The van der Waals surface area contributed by atoms with Gasteiger partial charge in [-0.25, -0.2) is 4.79 Å². The Morgan fingerprint density at radius 2 is 1.88 bits per heavy atom. The van der Waals surface area contributed by atoms with Crippen molar-refractivity contribution >= 4 is 30.5 Å². The fourth-order valence-electron chi connectivity index (χ4n) is 3.15. The summed E-state index contributed by atoms with van der Waals surface area (Å²) in [7, 11) is 0. The zero-order valence-electron chi connectivity index (χ0n) is 19.7. The van der Waals surface area contributed by atoms with Crippen LogP contribution in [0.2, 0.25) is 0 Å². The number of benzene rings is 1. The summed E-state index contributed by atoms with van der Waals surface area (Å²) in [4.78, 5) is 40.1. The van der Waals surface area contributed by atoms with E-state index in [1.807, 2.05) is 0 Å². The molecule has 32 heavy (non-hydrogen) atoms. The first-order valence-corrected chi connectivity index (χ1v) is 11.6. The fraction of sp³-hybridized carbons (Fsp3) is 0.609. The Hall–Kier alpha value is -2.42. The van der Waals surface area contributed by atoms with Gasteiger partial charge in [-0.3, -0.25) is 9.59 Å². The molecule has 0 bridgehead atoms. The Morgan fingerprint density at radius 3 is 2.41 bits per heavy atom. The van der Waals surface area contributed by atoms with Crippen LogP contribution >= 0.6 is 12.6 Å². The molecule has 0 heterocycles. The quantitative estimate of drug-likeness (QED) is 0.295. The van der Waals surface area contributed by atoms with E-state index in [2.05, 4.69) is 30.2 Å². The largest absolute Gasteiger partial charge is 0.508 e. The van der Waals surface area contributed by atoms with Gasteiger partial charge in [0, 0.05) is 18.8 Å². The predicted octanol–water partition coefficient (Wildman–Crippen LogP) is 3.41. The molecule has 0 spiro atoms. The number of rotatable bonds is 11. The van der Waals surface area contributed by atoms with Gasteiger partial charge in [0.15, 0.2) is 0 Å². The van der Waals surface area contributed by atoms with Crippen LogP contribution in [0, 0.1) is 0 Å². The van der Waals surface area contributed by atoms with Crippen molar-refractivity contribution in [1.82, 2.24) is 15.5 Å². The standard InChI is InChI=1S/C23H37N3O5S/c1-6-8-9-13-24-20(28)19(16-11-10-12-17(27)14-16)26(7-2)21(29)18(15-32)25-22(30)31-23(3,4)5/h10-12,14,18-19,27,32H,6-9,13,15H2,1-5H3,(H,24,28)(H,25,30). The maximum absolute atomic E-state index is 13.4. The predicted molar refractivity (Wildman–Crippen MR) is 128 cm³/mol. The Bertz CT molecular complexity index is 766. The molecule has 0 aliphatic heterocycles. The summed E-state index contributed by atoms with van der Waals surface area (Å²) in [5.41, 5.74) is -0.246. The highest BCUT2D eigenvalue weighted by atomic mass is 32.1. The summed E-state index contributed by atoms with van der Waals surface area (Å²) >= 11 is 4.22. The third-order valence-corrected chi connectivity index (χ3v) is 4.99. The molecule has 3 amide bonds. The molecule has 3 N–H and O–H groups in total. The van der Waals surface area contributed by atoms with Gasteiger partial charge in [-0.2, -0.15) is 12.6 Å². The van der Waals surface area contributed by atoms with Gasteiger partial charge < -0.3 is 25.4 Å². The van der Waals surface area contributed by atoms with Crippen molar-refractivity contribution in [2.75, 3.05) is 18.8 Å². The first-order valence-electron chi connectivity index (χ1n) is 11.0. The van der Waals surface area contributed by atoms with Crippen molar-refractivity contribution in [1.29, 1.82) is 0 Å². The molecule has 0 aromatic heterocycles. The number of hydrogen-bond acceptors (Lipinski definition) is 6. The summed E-state index contributed by atoms with van der Waals surface area (Å²) in [5.74, 6) is -0.797. The number of amides is 3. The maximum atomic E-state index is 13.4. The van der Waals surface area contributed by atoms with E-state index in [0.717, 1.165) is 19.3 Å². The van der Waals surface area contributed by atoms with Crippen LogP contribution in [0.4, 0.5) is 4.79 Å². The van der Waals surface area contributed by atoms with Crippen LogP contribution in [-0.4, -0.2) is 58.4 Å². The molecule has 0 saturated carbocycles. The molecule has 9 heteroatoms. The van der Waals surface area contributed by atoms with Gasteiger partial charge in [-0.15, -0.1) is 0 Å². The van der Waals surface area contributed by atoms with E-state index in [9.17, 15) is 19.5 Å². The Balaban J connectivity index is 3.15. The topological polar surface area (TPSA) is 108 Å². The van der Waals surface area contributed by atoms with Crippen LogP contribution in [0.3, 0.4) is 0 Å². The lowest BCUT2D eigenvalue weighted by Crippen LogP contribution is -2.53. The lowest BCUT2D eigenvalue weighted by atomic mass is 10.0. The molecule has 0 aliphatic rings. The minimum atomic E-state index is -0.985. The highest BCUT2D eigenvalue weighted by Crippen LogP contribution is 2.25. The molecule has 0 fully saturated rings. The van der Waals surface area contributed by atoms with Crippen molar-refractivity contribution in [3.05, 3.63) is 29.8 Å². The number of carbonyl (C=O) groups excluding carboxylic acids is 3. The number of nitrogens with one attached hydrogen (secondary N) is 2. The number of carbonyl (C=O) groups is 3. The van der Waals surface area contributed by atoms with Crippen LogP contribution in [0.15, 0.2) is 24.3 Å². The van der Waals surface area contributed by atoms with Crippen LogP contribution in [0.5, 0.6) is 5.75 Å². The fourth-order valence-corrected chi connectivity index (χ4v) is 3.40. The summed E-state index contributed by atoms with van der Waals surface area (Å²) in [6.45, 7) is 9.70. The minimum absolute atomic E-state index is 0.00703. The molecular weight excluding hydrogens is 430 g/mol. The number of phenolic OH excluding ortho intramolecular Hbond substituents is 1. The molecule has 0 radical (unpaired) electrons. The molecule has 180 valence electrons. The van der Waals surface area contributed by atoms with Crippen LogP contribution in [0.25, 0.3) is 0 Å². The van der Waals surface area contributed by atoms with Crippen LogP contribution in [0.1, 0.15) is 65.5 Å². The lowest BCUT2D eigenvalue weighted by molar-refractivity contribution is -0.141. The van der Waals surface area contributed by atoms with E-state index in [0.29, 0.717) is 12.1 Å². The number of aromatic hydroxyl groups is 1. The SMILES string of the molecule is CCCCCNC(=O)C(c1cccc(O)c1)N(CC)C(=O)C(CS)NC(=O)OC(C)(C)C. The number of likely N-dealkylation sites (N-methyl/N-ethyl adjacent to an activating group) is 1. The molecule has 1 aromatic rings. The molecule has 8 nitrogen and oxygen atoms in total. The van der Waals surface area contributed by atoms with Gasteiger partial charge in [-0.05, 0) is 51.8 Å². The second-order valence-corrected chi connectivity index (χ2v) is 8.87. The van der Waals surface area contributed by atoms with Gasteiger partial charge in [0.1, 0.15) is 23.4 Å². The monoisotopic (exact) mass is 467 g/mol. The van der Waals surface area contributed by atoms with Crippen molar-refractivity contribution in [2.24, 2.45) is 0 Å². The van der Waals surface area contributed by atoms with E-state index in [1.54, 1.807) is 39.8 Å². The Morgan fingerprint density at radius 1 is 1.19 bits per heavy atom. The molecule has 1 rings (SSSR count). The lowest BCUT2D eigenvalue weighted by Gasteiger charge is -2.33. The molecule has 0 aliphatic carbocycles. The van der Waals surface area contributed by atoms with Gasteiger partial charge in [0.05, 0.1) is 0 Å². The number of hydrogen-bond donors (Lipinski definition) is 4. The number of nitrogens with zero attached hydrogens (tertiary/aromatic N) is 1. The number of thiol groups is 1. The van der Waals surface area contributed by atoms with Gasteiger partial charge in [-0.1, -0.05) is 31.9 Å². The molecule has 2 unspecified atom stereocenters. The normalized spacial score (nSPS) is 13.1. The first kappa shape index (κ1) is 27.6. The van der Waals surface area contributed by atoms with E-state index in [4.69, 9.17) is 4.74 Å². The van der Waals surface area contributed by atoms with E-state index >= 15 is 0 Å². The number of unbranched alkanes of at least 4 members (excludes halogenated alkanes) is 2. The van der Waals surface area contributed by atoms with Gasteiger partial charge in [0.25, 0.3) is 0 Å². The van der Waals surface area contributed by atoms with Gasteiger partial charge >= 0.3 is 6.09 Å². The van der Waals surface area contributed by atoms with Crippen molar-refractivity contribution in [2.45, 2.75) is 71.6 Å². The maximum Gasteiger partial charge on any atom is 0.408 e. The van der Waals surface area contributed by atoms with Crippen molar-refractivity contribution < 1.29 is 24.2 Å². The third-order valence-electron chi connectivity index (χ3n) is 4.62. The van der Waals surface area contributed by atoms with Crippen LogP contribution < -0.4 is 10.6 Å². The second kappa shape index (κ2) is 13.2. The van der Waals surface area contributed by atoms with Gasteiger partial charge in [0.2, 0.25) is 11.8 Å². The third kappa shape index (κ3) is 8.98. The zero-order valence-corrected chi connectivity index (χ0v) is 20.6. The zero-order chi connectivity index (χ0) is 24.3. The van der Waals surface area contributed by atoms with Crippen molar-refractivity contribution in [3.8, 4) is 5.75 Å². The Kier molecular flexibility index (Phi) is 11.4. The average molecular weight is 468 g/mol. The van der Waals surface area contributed by atoms with Crippen molar-refractivity contribution in [3.63, 3.8) is 0 Å². The summed E-state index contributed by atoms with van der Waals surface area (Å²) < 4.78 is 5.25.